The Hall–Kier alpha value is -3.07. The standard InChI is InChI=1S/C15H12N4O4S/c20-13(21)9-1-5-11(6-2-9)16-18-15(24)19-17-12-7-3-10(4-8-12)14(22)23/h1-8,15,24H,(H,20,21)(H,22,23). The lowest BCUT2D eigenvalue weighted by Gasteiger charge is -1.98. The van der Waals surface area contributed by atoms with Gasteiger partial charge in [0.25, 0.3) is 0 Å². The topological polar surface area (TPSA) is 124 Å². The minimum atomic E-state index is -1.02. The molecule has 9 heteroatoms. The van der Waals surface area contributed by atoms with Crippen molar-refractivity contribution in [2.45, 2.75) is 5.50 Å². The normalized spacial score (nSPS) is 12.5. The van der Waals surface area contributed by atoms with Crippen LogP contribution in [0, 0.1) is 0 Å². The molecule has 0 fully saturated rings. The Kier molecular flexibility index (Phi) is 5.74. The van der Waals surface area contributed by atoms with Crippen molar-refractivity contribution in [3.05, 3.63) is 59.7 Å². The smallest absolute Gasteiger partial charge is 0.335 e. The predicted octanol–water partition coefficient (Wildman–Crippen LogP) is 4.16. The van der Waals surface area contributed by atoms with Gasteiger partial charge in [-0.2, -0.15) is 10.2 Å². The van der Waals surface area contributed by atoms with Gasteiger partial charge in [-0.05, 0) is 48.5 Å². The molecule has 8 nitrogen and oxygen atoms in total. The maximum absolute atomic E-state index is 10.7. The number of benzene rings is 2. The van der Waals surface area contributed by atoms with E-state index in [1.54, 1.807) is 0 Å². The third-order valence-electron chi connectivity index (χ3n) is 2.78. The highest BCUT2D eigenvalue weighted by molar-refractivity contribution is 7.80. The molecule has 122 valence electrons. The van der Waals surface area contributed by atoms with Crippen LogP contribution >= 0.6 is 12.6 Å². The van der Waals surface area contributed by atoms with E-state index in [-0.39, 0.29) is 11.1 Å². The van der Waals surface area contributed by atoms with Crippen molar-refractivity contribution in [2.75, 3.05) is 0 Å². The second-order valence-electron chi connectivity index (χ2n) is 4.48. The summed E-state index contributed by atoms with van der Waals surface area (Å²) in [5.41, 5.74) is 0.380. The zero-order valence-electron chi connectivity index (χ0n) is 12.1. The molecule has 0 aromatic heterocycles. The number of azo groups is 2. The Morgan fingerprint density at radius 2 is 1.08 bits per heavy atom. The maximum Gasteiger partial charge on any atom is 0.335 e. The SMILES string of the molecule is O=C(O)c1ccc(N=NC(S)N=Nc2ccc(C(=O)O)cc2)cc1. The quantitative estimate of drug-likeness (QED) is 0.537. The molecule has 0 aliphatic rings. The zero-order chi connectivity index (χ0) is 17.5. The Morgan fingerprint density at radius 3 is 1.38 bits per heavy atom. The molecule has 2 aromatic carbocycles. The summed E-state index contributed by atoms with van der Waals surface area (Å²) in [4.78, 5) is 21.5. The van der Waals surface area contributed by atoms with Crippen LogP contribution in [-0.4, -0.2) is 27.6 Å². The van der Waals surface area contributed by atoms with E-state index in [1.807, 2.05) is 0 Å². The molecule has 0 bridgehead atoms. The van der Waals surface area contributed by atoms with Crippen molar-refractivity contribution in [2.24, 2.45) is 20.5 Å². The minimum Gasteiger partial charge on any atom is -0.478 e. The van der Waals surface area contributed by atoms with Gasteiger partial charge in [-0.1, -0.05) is 0 Å². The second kappa shape index (κ2) is 7.97. The molecule has 2 N–H and O–H groups in total. The number of hydrogen-bond acceptors (Lipinski definition) is 7. The van der Waals surface area contributed by atoms with Gasteiger partial charge in [0, 0.05) is 0 Å². The lowest BCUT2D eigenvalue weighted by atomic mass is 10.2. The molecular formula is C15H12N4O4S. The van der Waals surface area contributed by atoms with Gasteiger partial charge in [0.2, 0.25) is 5.50 Å². The highest BCUT2D eigenvalue weighted by Gasteiger charge is 2.03. The first-order valence-corrected chi connectivity index (χ1v) is 7.14. The van der Waals surface area contributed by atoms with Crippen LogP contribution in [0.4, 0.5) is 11.4 Å². The summed E-state index contributed by atoms with van der Waals surface area (Å²) >= 11 is 4.09. The Balaban J connectivity index is 1.97. The van der Waals surface area contributed by atoms with Crippen LogP contribution in [0.2, 0.25) is 0 Å². The number of carboxylic acids is 2. The first-order valence-electron chi connectivity index (χ1n) is 6.62. The first kappa shape index (κ1) is 17.3. The van der Waals surface area contributed by atoms with Crippen LogP contribution < -0.4 is 0 Å². The van der Waals surface area contributed by atoms with Crippen LogP contribution in [-0.2, 0) is 0 Å². The Bertz CT molecular complexity index is 721. The average molecular weight is 344 g/mol. The molecule has 0 heterocycles. The molecule has 0 radical (unpaired) electrons. The van der Waals surface area contributed by atoms with E-state index < -0.39 is 17.4 Å². The molecule has 0 saturated heterocycles. The van der Waals surface area contributed by atoms with Crippen molar-refractivity contribution < 1.29 is 19.8 Å². The van der Waals surface area contributed by atoms with E-state index in [0.29, 0.717) is 11.4 Å². The lowest BCUT2D eigenvalue weighted by Crippen LogP contribution is -1.94. The molecule has 0 saturated carbocycles. The van der Waals surface area contributed by atoms with Gasteiger partial charge in [0.05, 0.1) is 22.5 Å². The van der Waals surface area contributed by atoms with Gasteiger partial charge >= 0.3 is 11.9 Å². The minimum absolute atomic E-state index is 0.154. The van der Waals surface area contributed by atoms with E-state index in [1.165, 1.54) is 48.5 Å². The van der Waals surface area contributed by atoms with Crippen molar-refractivity contribution in [3.63, 3.8) is 0 Å². The molecular weight excluding hydrogens is 332 g/mol. The maximum atomic E-state index is 10.7. The molecule has 0 amide bonds. The van der Waals surface area contributed by atoms with E-state index in [9.17, 15) is 9.59 Å². The summed E-state index contributed by atoms with van der Waals surface area (Å²) in [5.74, 6) is -2.04. The summed E-state index contributed by atoms with van der Waals surface area (Å²) in [7, 11) is 0. The van der Waals surface area contributed by atoms with Crippen molar-refractivity contribution in [1.82, 2.24) is 0 Å². The lowest BCUT2D eigenvalue weighted by molar-refractivity contribution is 0.0686. The second-order valence-corrected chi connectivity index (χ2v) is 4.94. The molecule has 0 aliphatic heterocycles. The van der Waals surface area contributed by atoms with Crippen LogP contribution in [0.1, 0.15) is 20.7 Å². The number of nitrogens with zero attached hydrogens (tertiary/aromatic N) is 4. The Labute approximate surface area is 142 Å². The third kappa shape index (κ3) is 4.99. The fraction of sp³-hybridized carbons (Fsp3) is 0.0667. The number of rotatable bonds is 6. The van der Waals surface area contributed by atoms with Gasteiger partial charge in [0.15, 0.2) is 0 Å². The molecule has 2 aromatic rings. The molecule has 2 rings (SSSR count). The largest absolute Gasteiger partial charge is 0.478 e. The van der Waals surface area contributed by atoms with Crippen LogP contribution in [0.25, 0.3) is 0 Å². The third-order valence-corrected chi connectivity index (χ3v) is 2.99. The highest BCUT2D eigenvalue weighted by Crippen LogP contribution is 2.18. The van der Waals surface area contributed by atoms with E-state index in [2.05, 4.69) is 33.1 Å². The van der Waals surface area contributed by atoms with Crippen LogP contribution in [0.5, 0.6) is 0 Å². The monoisotopic (exact) mass is 344 g/mol. The average Bonchev–Trinajstić information content (AvgIpc) is 2.58. The number of hydrogen-bond donors (Lipinski definition) is 3. The van der Waals surface area contributed by atoms with Crippen LogP contribution in [0.3, 0.4) is 0 Å². The fourth-order valence-electron chi connectivity index (χ4n) is 1.60. The summed E-state index contributed by atoms with van der Waals surface area (Å²) < 4.78 is 0. The molecule has 0 atom stereocenters. The van der Waals surface area contributed by atoms with Crippen LogP contribution in [0.15, 0.2) is 69.0 Å². The molecule has 0 spiro atoms. The predicted molar refractivity (Wildman–Crippen MR) is 88.6 cm³/mol. The van der Waals surface area contributed by atoms with Crippen molar-refractivity contribution in [3.8, 4) is 0 Å². The summed E-state index contributed by atoms with van der Waals surface area (Å²) in [6.07, 6.45) is 0. The number of thiol groups is 1. The fourth-order valence-corrected chi connectivity index (χ4v) is 1.70. The van der Waals surface area contributed by atoms with Gasteiger partial charge in [0.1, 0.15) is 0 Å². The molecule has 0 unspecified atom stereocenters. The van der Waals surface area contributed by atoms with E-state index in [4.69, 9.17) is 10.2 Å². The van der Waals surface area contributed by atoms with Crippen molar-refractivity contribution in [1.29, 1.82) is 0 Å². The Morgan fingerprint density at radius 1 is 0.750 bits per heavy atom. The number of carbonyl (C=O) groups is 2. The van der Waals surface area contributed by atoms with Crippen molar-refractivity contribution >= 4 is 35.9 Å². The zero-order valence-corrected chi connectivity index (χ0v) is 13.0. The van der Waals surface area contributed by atoms with Gasteiger partial charge in [-0.15, -0.1) is 22.9 Å². The summed E-state index contributed by atoms with van der Waals surface area (Å²) in [6.45, 7) is 0. The van der Waals surface area contributed by atoms with E-state index >= 15 is 0 Å². The van der Waals surface area contributed by atoms with Gasteiger partial charge in [-0.3, -0.25) is 0 Å². The van der Waals surface area contributed by atoms with Gasteiger partial charge < -0.3 is 10.2 Å². The first-order chi connectivity index (χ1) is 11.5. The molecule has 24 heavy (non-hydrogen) atoms. The summed E-state index contributed by atoms with van der Waals surface area (Å²) in [6, 6.07) is 11.7. The highest BCUT2D eigenvalue weighted by atomic mass is 32.1. The van der Waals surface area contributed by atoms with Gasteiger partial charge in [-0.25, -0.2) is 9.59 Å². The van der Waals surface area contributed by atoms with E-state index in [0.717, 1.165) is 0 Å². The number of aromatic carboxylic acids is 2. The number of carboxylic acid groups (broad SMARTS) is 2. The molecule has 0 aliphatic carbocycles. The summed E-state index contributed by atoms with van der Waals surface area (Å²) in [5, 5.41) is 33.0.